The summed E-state index contributed by atoms with van der Waals surface area (Å²) in [5.41, 5.74) is 4.31. The van der Waals surface area contributed by atoms with Crippen LogP contribution in [0.2, 0.25) is 5.02 Å². The van der Waals surface area contributed by atoms with Crippen LogP contribution in [-0.4, -0.2) is 35.0 Å². The standard InChI is InChI=1S/C27H26ClN3O5S/c1-7-36-26(34)22-15(4)17(6)37-25(22)30-14(3)10-18(16(30)5)11-20-23(32)29-27(35)31(24(20)33)19-9-8-13(2)21(28)12-19/h8-12H,7H2,1-6H3,(H,29,32,35)/b20-11-. The van der Waals surface area contributed by atoms with Crippen LogP contribution in [0.5, 0.6) is 0 Å². The highest BCUT2D eigenvalue weighted by Gasteiger charge is 2.37. The number of hydrogen-bond donors (Lipinski definition) is 1. The number of rotatable bonds is 5. The molecule has 1 N–H and O–H groups in total. The van der Waals surface area contributed by atoms with Crippen molar-refractivity contribution in [2.75, 3.05) is 11.5 Å². The zero-order chi connectivity index (χ0) is 27.2. The summed E-state index contributed by atoms with van der Waals surface area (Å²) in [7, 11) is 0. The van der Waals surface area contributed by atoms with Crippen molar-refractivity contribution in [3.05, 3.63) is 73.4 Å². The number of nitrogens with zero attached hydrogens (tertiary/aromatic N) is 2. The number of imide groups is 2. The second-order valence-electron chi connectivity index (χ2n) is 8.74. The van der Waals surface area contributed by atoms with Crippen LogP contribution in [0.3, 0.4) is 0 Å². The van der Waals surface area contributed by atoms with E-state index in [1.165, 1.54) is 23.5 Å². The van der Waals surface area contributed by atoms with Crippen molar-refractivity contribution in [1.82, 2.24) is 9.88 Å². The van der Waals surface area contributed by atoms with Crippen LogP contribution in [0, 0.1) is 34.6 Å². The summed E-state index contributed by atoms with van der Waals surface area (Å²) < 4.78 is 7.21. The Labute approximate surface area is 223 Å². The van der Waals surface area contributed by atoms with Gasteiger partial charge in [-0.15, -0.1) is 11.3 Å². The fraction of sp³-hybridized carbons (Fsp3) is 0.259. The maximum absolute atomic E-state index is 13.4. The second-order valence-corrected chi connectivity index (χ2v) is 10.3. The number of nitrogens with one attached hydrogen (secondary N) is 1. The molecular weight excluding hydrogens is 514 g/mol. The Hall–Kier alpha value is -3.69. The number of aromatic nitrogens is 1. The highest BCUT2D eigenvalue weighted by atomic mass is 35.5. The molecule has 0 aliphatic carbocycles. The minimum absolute atomic E-state index is 0.194. The minimum Gasteiger partial charge on any atom is -0.462 e. The van der Waals surface area contributed by atoms with Gasteiger partial charge in [0.05, 0.1) is 17.9 Å². The first-order chi connectivity index (χ1) is 17.5. The zero-order valence-electron chi connectivity index (χ0n) is 21.3. The van der Waals surface area contributed by atoms with E-state index in [9.17, 15) is 19.2 Å². The fourth-order valence-electron chi connectivity index (χ4n) is 4.22. The van der Waals surface area contributed by atoms with Crippen LogP contribution >= 0.6 is 22.9 Å². The SMILES string of the molecule is CCOC(=O)c1c(-n2c(C)cc(/C=C3/C(=O)NC(=O)N(c4ccc(C)c(Cl)c4)C3=O)c2C)sc(C)c1C. The van der Waals surface area contributed by atoms with E-state index in [1.807, 2.05) is 38.3 Å². The summed E-state index contributed by atoms with van der Waals surface area (Å²) in [5, 5.41) is 3.33. The molecule has 37 heavy (non-hydrogen) atoms. The maximum Gasteiger partial charge on any atom is 0.341 e. The van der Waals surface area contributed by atoms with Crippen molar-refractivity contribution in [2.24, 2.45) is 0 Å². The number of urea groups is 1. The van der Waals surface area contributed by atoms with Crippen LogP contribution in [0.1, 0.15) is 50.2 Å². The summed E-state index contributed by atoms with van der Waals surface area (Å²) in [6, 6.07) is 5.77. The average molecular weight is 540 g/mol. The molecule has 192 valence electrons. The van der Waals surface area contributed by atoms with Crippen LogP contribution in [-0.2, 0) is 14.3 Å². The number of benzene rings is 1. The third kappa shape index (κ3) is 4.60. The lowest BCUT2D eigenvalue weighted by atomic mass is 10.1. The molecule has 4 rings (SSSR count). The lowest BCUT2D eigenvalue weighted by Gasteiger charge is -2.26. The van der Waals surface area contributed by atoms with Gasteiger partial charge in [0.15, 0.2) is 0 Å². The smallest absolute Gasteiger partial charge is 0.341 e. The molecule has 4 amide bonds. The number of thiophene rings is 1. The van der Waals surface area contributed by atoms with Crippen molar-refractivity contribution < 1.29 is 23.9 Å². The van der Waals surface area contributed by atoms with Crippen molar-refractivity contribution >= 4 is 58.5 Å². The molecule has 0 bridgehead atoms. The van der Waals surface area contributed by atoms with Crippen LogP contribution in [0.25, 0.3) is 11.1 Å². The molecule has 0 atom stereocenters. The van der Waals surface area contributed by atoms with Gasteiger partial charge in [-0.3, -0.25) is 14.9 Å². The van der Waals surface area contributed by atoms with Gasteiger partial charge in [0.25, 0.3) is 11.8 Å². The third-order valence-corrected chi connectivity index (χ3v) is 7.93. The lowest BCUT2D eigenvalue weighted by molar-refractivity contribution is -0.122. The first kappa shape index (κ1) is 26.4. The van der Waals surface area contributed by atoms with Crippen LogP contribution in [0.15, 0.2) is 29.8 Å². The summed E-state index contributed by atoms with van der Waals surface area (Å²) >= 11 is 7.67. The third-order valence-electron chi connectivity index (χ3n) is 6.33. The van der Waals surface area contributed by atoms with Crippen molar-refractivity contribution in [3.8, 4) is 5.00 Å². The second kappa shape index (κ2) is 9.99. The van der Waals surface area contributed by atoms with Gasteiger partial charge in [-0.1, -0.05) is 17.7 Å². The number of barbiturate groups is 1. The Kier molecular flexibility index (Phi) is 7.12. The molecule has 8 nitrogen and oxygen atoms in total. The van der Waals surface area contributed by atoms with E-state index >= 15 is 0 Å². The van der Waals surface area contributed by atoms with Gasteiger partial charge in [0, 0.05) is 21.3 Å². The van der Waals surface area contributed by atoms with Gasteiger partial charge in [-0.05, 0) is 82.5 Å². The molecule has 2 aromatic heterocycles. The molecule has 0 radical (unpaired) electrons. The Morgan fingerprint density at radius 3 is 2.46 bits per heavy atom. The number of carbonyl (C=O) groups excluding carboxylic acids is 4. The molecular formula is C27H26ClN3O5S. The zero-order valence-corrected chi connectivity index (χ0v) is 22.9. The largest absolute Gasteiger partial charge is 0.462 e. The average Bonchev–Trinajstić information content (AvgIpc) is 3.27. The number of halogens is 1. The molecule has 3 heterocycles. The fourth-order valence-corrected chi connectivity index (χ4v) is 5.66. The van der Waals surface area contributed by atoms with Crippen molar-refractivity contribution in [2.45, 2.75) is 41.5 Å². The number of amides is 4. The Morgan fingerprint density at radius 1 is 1.11 bits per heavy atom. The van der Waals surface area contributed by atoms with Gasteiger partial charge >= 0.3 is 12.0 Å². The topological polar surface area (TPSA) is 97.7 Å². The van der Waals surface area contributed by atoms with Crippen LogP contribution in [0.4, 0.5) is 10.5 Å². The van der Waals surface area contributed by atoms with Gasteiger partial charge in [0.1, 0.15) is 10.6 Å². The first-order valence-electron chi connectivity index (χ1n) is 11.6. The molecule has 1 fully saturated rings. The molecule has 1 aromatic carbocycles. The number of carbonyl (C=O) groups is 4. The van der Waals surface area contributed by atoms with Gasteiger partial charge in [-0.25, -0.2) is 14.5 Å². The first-order valence-corrected chi connectivity index (χ1v) is 12.8. The Bertz CT molecular complexity index is 1510. The number of hydrogen-bond acceptors (Lipinski definition) is 6. The number of anilines is 1. The predicted octanol–water partition coefficient (Wildman–Crippen LogP) is 5.58. The summed E-state index contributed by atoms with van der Waals surface area (Å²) in [6.45, 7) is 11.4. The quantitative estimate of drug-likeness (QED) is 0.259. The maximum atomic E-state index is 13.4. The number of ether oxygens (including phenoxy) is 1. The highest BCUT2D eigenvalue weighted by Crippen LogP contribution is 2.35. The van der Waals surface area contributed by atoms with E-state index < -0.39 is 23.8 Å². The van der Waals surface area contributed by atoms with Gasteiger partial charge < -0.3 is 9.30 Å². The lowest BCUT2D eigenvalue weighted by Crippen LogP contribution is -2.54. The van der Waals surface area contributed by atoms with E-state index in [1.54, 1.807) is 26.0 Å². The number of aryl methyl sites for hydroxylation is 3. The predicted molar refractivity (Wildman–Crippen MR) is 144 cm³/mol. The molecule has 3 aromatic rings. The van der Waals surface area contributed by atoms with E-state index in [0.29, 0.717) is 21.2 Å². The van der Waals surface area contributed by atoms with Gasteiger partial charge in [0.2, 0.25) is 0 Å². The van der Waals surface area contributed by atoms with Crippen molar-refractivity contribution in [3.63, 3.8) is 0 Å². The van der Waals surface area contributed by atoms with E-state index in [4.69, 9.17) is 16.3 Å². The van der Waals surface area contributed by atoms with Gasteiger partial charge in [-0.2, -0.15) is 0 Å². The summed E-state index contributed by atoms with van der Waals surface area (Å²) in [5.74, 6) is -1.95. The van der Waals surface area contributed by atoms with Crippen molar-refractivity contribution in [1.29, 1.82) is 0 Å². The molecule has 0 spiro atoms. The van der Waals surface area contributed by atoms with E-state index in [-0.39, 0.29) is 17.9 Å². The molecule has 10 heteroatoms. The molecule has 1 aliphatic rings. The Balaban J connectivity index is 1.80. The molecule has 1 aliphatic heterocycles. The summed E-state index contributed by atoms with van der Waals surface area (Å²) in [4.78, 5) is 53.3. The monoisotopic (exact) mass is 539 g/mol. The Morgan fingerprint density at radius 2 is 1.81 bits per heavy atom. The number of esters is 1. The summed E-state index contributed by atoms with van der Waals surface area (Å²) in [6.07, 6.45) is 1.46. The minimum atomic E-state index is -0.846. The molecule has 0 saturated carbocycles. The highest BCUT2D eigenvalue weighted by molar-refractivity contribution is 7.15. The molecule has 0 unspecified atom stereocenters. The van der Waals surface area contributed by atoms with Crippen LogP contribution < -0.4 is 10.2 Å². The normalized spacial score (nSPS) is 14.9. The van der Waals surface area contributed by atoms with E-state index in [0.717, 1.165) is 32.3 Å². The molecule has 1 saturated heterocycles. The van der Waals surface area contributed by atoms with E-state index in [2.05, 4.69) is 5.32 Å².